The Morgan fingerprint density at radius 2 is 1.95 bits per heavy atom. The molecule has 0 radical (unpaired) electrons. The third kappa shape index (κ3) is 4.18. The fraction of sp³-hybridized carbons (Fsp3) is 0.444. The molecule has 21 heavy (non-hydrogen) atoms. The smallest absolute Gasteiger partial charge is 0.0438 e. The van der Waals surface area contributed by atoms with E-state index in [1.807, 2.05) is 11.3 Å². The molecule has 2 aromatic rings. The lowest BCUT2D eigenvalue weighted by molar-refractivity contribution is 0.418. The van der Waals surface area contributed by atoms with Gasteiger partial charge in [0.15, 0.2) is 0 Å². The summed E-state index contributed by atoms with van der Waals surface area (Å²) >= 11 is 5.59. The van der Waals surface area contributed by atoms with Crippen LogP contribution < -0.4 is 5.32 Å². The number of nitrogens with one attached hydrogen (secondary N) is 1. The Labute approximate surface area is 140 Å². The number of hydrogen-bond donors (Lipinski definition) is 1. The van der Waals surface area contributed by atoms with E-state index in [0.29, 0.717) is 12.0 Å². The molecule has 1 unspecified atom stereocenters. The molecule has 0 saturated carbocycles. The van der Waals surface area contributed by atoms with Crippen molar-refractivity contribution >= 4 is 27.3 Å². The molecule has 3 heteroatoms. The minimum atomic E-state index is 0.452. The molecule has 0 amide bonds. The van der Waals surface area contributed by atoms with Crippen LogP contribution in [0, 0.1) is 12.8 Å². The largest absolute Gasteiger partial charge is 0.309 e. The molecule has 1 atom stereocenters. The quantitative estimate of drug-likeness (QED) is 0.643. The normalized spacial score (nSPS) is 12.9. The van der Waals surface area contributed by atoms with Crippen LogP contribution in [0.1, 0.15) is 43.7 Å². The maximum absolute atomic E-state index is 3.69. The Bertz CT molecular complexity index is 589. The van der Waals surface area contributed by atoms with E-state index < -0.39 is 0 Å². The molecule has 0 aliphatic carbocycles. The predicted octanol–water partition coefficient (Wildman–Crippen LogP) is 6.18. The van der Waals surface area contributed by atoms with E-state index in [1.54, 1.807) is 0 Å². The summed E-state index contributed by atoms with van der Waals surface area (Å²) in [5.74, 6) is 0.601. The summed E-state index contributed by atoms with van der Waals surface area (Å²) in [6, 6.07) is 11.5. The summed E-state index contributed by atoms with van der Waals surface area (Å²) in [7, 11) is 0. The zero-order valence-electron chi connectivity index (χ0n) is 13.2. The maximum atomic E-state index is 3.69. The van der Waals surface area contributed by atoms with Crippen molar-refractivity contribution in [2.24, 2.45) is 5.92 Å². The number of halogens is 1. The monoisotopic (exact) mass is 365 g/mol. The van der Waals surface area contributed by atoms with Crippen LogP contribution in [-0.4, -0.2) is 6.54 Å². The van der Waals surface area contributed by atoms with Gasteiger partial charge in [0.05, 0.1) is 0 Å². The zero-order chi connectivity index (χ0) is 15.4. The molecule has 0 aliphatic heterocycles. The third-order valence-corrected chi connectivity index (χ3v) is 5.46. The van der Waals surface area contributed by atoms with E-state index in [1.165, 1.54) is 31.8 Å². The fourth-order valence-electron chi connectivity index (χ4n) is 2.45. The van der Waals surface area contributed by atoms with Crippen molar-refractivity contribution in [2.45, 2.75) is 40.2 Å². The molecule has 0 bridgehead atoms. The number of thiophene rings is 1. The lowest BCUT2D eigenvalue weighted by Gasteiger charge is -2.21. The second-order valence-electron chi connectivity index (χ2n) is 5.86. The molecular formula is C18H24BrNS. The van der Waals surface area contributed by atoms with Crippen molar-refractivity contribution in [1.29, 1.82) is 0 Å². The van der Waals surface area contributed by atoms with Gasteiger partial charge >= 0.3 is 0 Å². The van der Waals surface area contributed by atoms with E-state index in [2.05, 4.69) is 79.3 Å². The summed E-state index contributed by atoms with van der Waals surface area (Å²) in [5, 5.41) is 3.67. The summed E-state index contributed by atoms with van der Waals surface area (Å²) < 4.78 is 1.18. The number of aryl methyl sites for hydroxylation is 1. The lowest BCUT2D eigenvalue weighted by Crippen LogP contribution is -2.25. The second-order valence-corrected chi connectivity index (χ2v) is 7.83. The van der Waals surface area contributed by atoms with Gasteiger partial charge in [0.25, 0.3) is 0 Å². The highest BCUT2D eigenvalue weighted by Gasteiger charge is 2.17. The third-order valence-electron chi connectivity index (χ3n) is 3.60. The van der Waals surface area contributed by atoms with Crippen molar-refractivity contribution < 1.29 is 0 Å². The average Bonchev–Trinajstić information content (AvgIpc) is 2.88. The molecule has 114 valence electrons. The van der Waals surface area contributed by atoms with E-state index in [0.717, 1.165) is 6.54 Å². The summed E-state index contributed by atoms with van der Waals surface area (Å²) in [6.07, 6.45) is 1.17. The van der Waals surface area contributed by atoms with Crippen LogP contribution >= 0.6 is 27.3 Å². The van der Waals surface area contributed by atoms with Crippen LogP contribution in [0.15, 0.2) is 34.8 Å². The van der Waals surface area contributed by atoms with Gasteiger partial charge in [0.2, 0.25) is 0 Å². The van der Waals surface area contributed by atoms with Crippen molar-refractivity contribution in [3.8, 4) is 10.4 Å². The van der Waals surface area contributed by atoms with Gasteiger partial charge in [-0.1, -0.05) is 48.8 Å². The molecule has 0 fully saturated rings. The molecule has 1 aromatic carbocycles. The van der Waals surface area contributed by atoms with Gasteiger partial charge in [-0.3, -0.25) is 0 Å². The first-order valence-electron chi connectivity index (χ1n) is 7.62. The molecule has 2 rings (SSSR count). The number of benzene rings is 1. The standard InChI is InChI=1S/C18H24BrNS/c1-5-10-20-18(12(2)3)17-9-8-16(21-17)14-7-6-13(4)11-15(14)19/h6-9,11-12,18,20H,5,10H2,1-4H3. The van der Waals surface area contributed by atoms with Gasteiger partial charge in [-0.25, -0.2) is 0 Å². The highest BCUT2D eigenvalue weighted by molar-refractivity contribution is 9.10. The van der Waals surface area contributed by atoms with E-state index in [4.69, 9.17) is 0 Å². The number of rotatable bonds is 6. The van der Waals surface area contributed by atoms with E-state index >= 15 is 0 Å². The molecule has 1 heterocycles. The molecular weight excluding hydrogens is 342 g/mol. The van der Waals surface area contributed by atoms with Gasteiger partial charge in [0.1, 0.15) is 0 Å². The minimum absolute atomic E-state index is 0.452. The maximum Gasteiger partial charge on any atom is 0.0438 e. The Morgan fingerprint density at radius 1 is 1.19 bits per heavy atom. The first-order valence-corrected chi connectivity index (χ1v) is 9.23. The van der Waals surface area contributed by atoms with Crippen LogP contribution in [0.3, 0.4) is 0 Å². The zero-order valence-corrected chi connectivity index (χ0v) is 15.6. The fourth-order valence-corrected chi connectivity index (χ4v) is 4.58. The molecule has 0 spiro atoms. The Balaban J connectivity index is 2.27. The lowest BCUT2D eigenvalue weighted by atomic mass is 10.0. The van der Waals surface area contributed by atoms with E-state index in [-0.39, 0.29) is 0 Å². The van der Waals surface area contributed by atoms with Gasteiger partial charge in [-0.15, -0.1) is 11.3 Å². The average molecular weight is 366 g/mol. The van der Waals surface area contributed by atoms with Crippen molar-refractivity contribution in [1.82, 2.24) is 5.32 Å². The Kier molecular flexibility index (Phi) is 6.03. The van der Waals surface area contributed by atoms with Crippen molar-refractivity contribution in [3.63, 3.8) is 0 Å². The van der Waals surface area contributed by atoms with Crippen LogP contribution in [0.4, 0.5) is 0 Å². The van der Waals surface area contributed by atoms with E-state index in [9.17, 15) is 0 Å². The SMILES string of the molecule is CCCNC(c1ccc(-c2ccc(C)cc2Br)s1)C(C)C. The predicted molar refractivity (Wildman–Crippen MR) is 98.1 cm³/mol. The summed E-state index contributed by atoms with van der Waals surface area (Å²) in [6.45, 7) is 9.98. The van der Waals surface area contributed by atoms with Crippen LogP contribution in [0.25, 0.3) is 10.4 Å². The van der Waals surface area contributed by atoms with Gasteiger partial charge in [-0.05, 0) is 49.6 Å². The molecule has 1 aromatic heterocycles. The van der Waals surface area contributed by atoms with Gasteiger partial charge in [0, 0.05) is 25.8 Å². The molecule has 1 nitrogen and oxygen atoms in total. The van der Waals surface area contributed by atoms with Crippen LogP contribution in [-0.2, 0) is 0 Å². The van der Waals surface area contributed by atoms with Crippen molar-refractivity contribution in [2.75, 3.05) is 6.54 Å². The Morgan fingerprint density at radius 3 is 2.57 bits per heavy atom. The molecule has 1 N–H and O–H groups in total. The molecule has 0 saturated heterocycles. The highest BCUT2D eigenvalue weighted by atomic mass is 79.9. The van der Waals surface area contributed by atoms with Crippen LogP contribution in [0.2, 0.25) is 0 Å². The number of hydrogen-bond acceptors (Lipinski definition) is 2. The molecule has 0 aliphatic rings. The second kappa shape index (κ2) is 7.57. The van der Waals surface area contributed by atoms with Gasteiger partial charge < -0.3 is 5.32 Å². The minimum Gasteiger partial charge on any atom is -0.309 e. The highest BCUT2D eigenvalue weighted by Crippen LogP contribution is 2.37. The van der Waals surface area contributed by atoms with Gasteiger partial charge in [-0.2, -0.15) is 0 Å². The Hall–Kier alpha value is -0.640. The first-order chi connectivity index (χ1) is 10.0. The summed E-state index contributed by atoms with van der Waals surface area (Å²) in [4.78, 5) is 2.77. The summed E-state index contributed by atoms with van der Waals surface area (Å²) in [5.41, 5.74) is 2.57. The first kappa shape index (κ1) is 16.7. The van der Waals surface area contributed by atoms with Crippen LogP contribution in [0.5, 0.6) is 0 Å². The van der Waals surface area contributed by atoms with Crippen molar-refractivity contribution in [3.05, 3.63) is 45.2 Å². The topological polar surface area (TPSA) is 12.0 Å².